The lowest BCUT2D eigenvalue weighted by Gasteiger charge is -2.27. The van der Waals surface area contributed by atoms with Gasteiger partial charge in [0, 0.05) is 24.8 Å². The van der Waals surface area contributed by atoms with Crippen molar-refractivity contribution in [1.29, 1.82) is 0 Å². The summed E-state index contributed by atoms with van der Waals surface area (Å²) in [7, 11) is 0. The van der Waals surface area contributed by atoms with E-state index >= 15 is 0 Å². The van der Waals surface area contributed by atoms with Crippen molar-refractivity contribution in [1.82, 2.24) is 9.88 Å². The van der Waals surface area contributed by atoms with Crippen LogP contribution in [-0.4, -0.2) is 42.1 Å². The van der Waals surface area contributed by atoms with Crippen molar-refractivity contribution in [3.8, 4) is 11.3 Å². The van der Waals surface area contributed by atoms with E-state index in [4.69, 9.17) is 4.74 Å². The molecule has 4 nitrogen and oxygen atoms in total. The number of carbonyl (C=O) groups is 1. The minimum Gasteiger partial charge on any atom is -0.378 e. The number of nitrogens with zero attached hydrogens (tertiary/aromatic N) is 2. The molecule has 1 aromatic heterocycles. The molecule has 5 heteroatoms. The minimum absolute atomic E-state index is 0.0858. The van der Waals surface area contributed by atoms with E-state index in [0.717, 1.165) is 5.56 Å². The van der Waals surface area contributed by atoms with E-state index in [-0.39, 0.29) is 11.5 Å². The Morgan fingerprint density at radius 2 is 2.05 bits per heavy atom. The number of hydrogen-bond donors (Lipinski definition) is 0. The number of carbonyl (C=O) groups excluding carboxylic acids is 1. The average molecular weight is 300 g/mol. The zero-order valence-corrected chi connectivity index (χ0v) is 12.4. The third-order valence-corrected chi connectivity index (χ3v) is 3.72. The molecule has 1 fully saturated rings. The zero-order valence-electron chi connectivity index (χ0n) is 12.4. The Bertz CT molecular complexity index is 697. The number of pyridine rings is 1. The van der Waals surface area contributed by atoms with Crippen molar-refractivity contribution in [2.45, 2.75) is 6.92 Å². The van der Waals surface area contributed by atoms with E-state index < -0.39 is 5.82 Å². The predicted molar refractivity (Wildman–Crippen MR) is 81.1 cm³/mol. The molecule has 1 aliphatic heterocycles. The summed E-state index contributed by atoms with van der Waals surface area (Å²) < 4.78 is 20.0. The van der Waals surface area contributed by atoms with Gasteiger partial charge in [-0.05, 0) is 36.8 Å². The van der Waals surface area contributed by atoms with Gasteiger partial charge in [-0.1, -0.05) is 6.07 Å². The topological polar surface area (TPSA) is 42.4 Å². The van der Waals surface area contributed by atoms with Crippen molar-refractivity contribution in [3.63, 3.8) is 0 Å². The summed E-state index contributed by atoms with van der Waals surface area (Å²) in [6.45, 7) is 3.89. The third kappa shape index (κ3) is 2.85. The molecular formula is C17H17FN2O2. The molecule has 114 valence electrons. The summed E-state index contributed by atoms with van der Waals surface area (Å²) in [5.41, 5.74) is 1.97. The van der Waals surface area contributed by atoms with Gasteiger partial charge in [-0.3, -0.25) is 9.78 Å². The Kier molecular flexibility index (Phi) is 4.15. The number of ether oxygens (including phenoxy) is 1. The molecule has 0 unspecified atom stereocenters. The highest BCUT2D eigenvalue weighted by atomic mass is 19.1. The van der Waals surface area contributed by atoms with E-state index in [1.54, 1.807) is 29.3 Å². The maximum Gasteiger partial charge on any atom is 0.257 e. The van der Waals surface area contributed by atoms with E-state index in [9.17, 15) is 9.18 Å². The Hall–Kier alpha value is -2.27. The van der Waals surface area contributed by atoms with Gasteiger partial charge in [0.1, 0.15) is 5.82 Å². The first-order valence-corrected chi connectivity index (χ1v) is 7.25. The van der Waals surface area contributed by atoms with Gasteiger partial charge in [-0.2, -0.15) is 0 Å². The van der Waals surface area contributed by atoms with Crippen molar-refractivity contribution in [2.24, 2.45) is 0 Å². The molecule has 2 aromatic rings. The monoisotopic (exact) mass is 300 g/mol. The molecule has 2 heterocycles. The van der Waals surface area contributed by atoms with Crippen LogP contribution in [-0.2, 0) is 4.74 Å². The minimum atomic E-state index is -0.517. The van der Waals surface area contributed by atoms with Gasteiger partial charge in [0.2, 0.25) is 0 Å². The maximum absolute atomic E-state index is 14.8. The van der Waals surface area contributed by atoms with Crippen LogP contribution in [0.4, 0.5) is 4.39 Å². The van der Waals surface area contributed by atoms with Gasteiger partial charge >= 0.3 is 0 Å². The number of aryl methyl sites for hydroxylation is 1. The summed E-state index contributed by atoms with van der Waals surface area (Å²) in [6, 6.07) is 8.52. The lowest BCUT2D eigenvalue weighted by Crippen LogP contribution is -2.41. The standard InChI is InChI=1S/C17H17FN2O2/c1-12-5-6-19-15(11-12)13-3-2-4-14(16(13)18)17(21)20-7-9-22-10-8-20/h2-6,11H,7-10H2,1H3. The fraction of sp³-hybridized carbons (Fsp3) is 0.294. The maximum atomic E-state index is 14.8. The molecule has 3 rings (SSSR count). The van der Waals surface area contributed by atoms with E-state index in [1.165, 1.54) is 6.07 Å². The SMILES string of the molecule is Cc1ccnc(-c2cccc(C(=O)N3CCOCC3)c2F)c1. The van der Waals surface area contributed by atoms with Crippen molar-refractivity contribution in [2.75, 3.05) is 26.3 Å². The highest BCUT2D eigenvalue weighted by Crippen LogP contribution is 2.25. The zero-order chi connectivity index (χ0) is 15.5. The molecule has 0 aliphatic carbocycles. The first kappa shape index (κ1) is 14.7. The van der Waals surface area contributed by atoms with Crippen LogP contribution in [0, 0.1) is 12.7 Å². The first-order valence-electron chi connectivity index (χ1n) is 7.25. The average Bonchev–Trinajstić information content (AvgIpc) is 2.55. The summed E-state index contributed by atoms with van der Waals surface area (Å²) in [5, 5.41) is 0. The normalized spacial score (nSPS) is 14.9. The van der Waals surface area contributed by atoms with Crippen LogP contribution in [0.2, 0.25) is 0 Å². The Morgan fingerprint density at radius 1 is 1.27 bits per heavy atom. The molecule has 1 aliphatic rings. The number of amides is 1. The van der Waals surface area contributed by atoms with Gasteiger partial charge in [0.15, 0.2) is 0 Å². The lowest BCUT2D eigenvalue weighted by atomic mass is 10.0. The first-order chi connectivity index (χ1) is 10.7. The number of rotatable bonds is 2. The second-order valence-corrected chi connectivity index (χ2v) is 5.29. The molecule has 0 bridgehead atoms. The lowest BCUT2D eigenvalue weighted by molar-refractivity contribution is 0.0300. The fourth-order valence-corrected chi connectivity index (χ4v) is 2.52. The van der Waals surface area contributed by atoms with Gasteiger partial charge < -0.3 is 9.64 Å². The molecule has 0 radical (unpaired) electrons. The van der Waals surface area contributed by atoms with Crippen LogP contribution >= 0.6 is 0 Å². The summed E-state index contributed by atoms with van der Waals surface area (Å²) in [4.78, 5) is 18.3. The summed E-state index contributed by atoms with van der Waals surface area (Å²) in [6.07, 6.45) is 1.64. The highest BCUT2D eigenvalue weighted by Gasteiger charge is 2.23. The molecule has 0 saturated carbocycles. The molecule has 0 spiro atoms. The molecule has 1 saturated heterocycles. The molecule has 0 N–H and O–H groups in total. The molecular weight excluding hydrogens is 283 g/mol. The summed E-state index contributed by atoms with van der Waals surface area (Å²) in [5.74, 6) is -0.813. The molecule has 0 atom stereocenters. The van der Waals surface area contributed by atoms with Crippen molar-refractivity contribution < 1.29 is 13.9 Å². The number of morpholine rings is 1. The van der Waals surface area contributed by atoms with Crippen LogP contribution in [0.25, 0.3) is 11.3 Å². The van der Waals surface area contributed by atoms with Crippen LogP contribution in [0.3, 0.4) is 0 Å². The number of benzene rings is 1. The summed E-state index contributed by atoms with van der Waals surface area (Å²) >= 11 is 0. The van der Waals surface area contributed by atoms with Crippen LogP contribution in [0.1, 0.15) is 15.9 Å². The molecule has 1 amide bonds. The Morgan fingerprint density at radius 3 is 2.77 bits per heavy atom. The molecule has 1 aromatic carbocycles. The van der Waals surface area contributed by atoms with Gasteiger partial charge in [-0.25, -0.2) is 4.39 Å². The van der Waals surface area contributed by atoms with Crippen LogP contribution in [0.15, 0.2) is 36.5 Å². The molecule has 22 heavy (non-hydrogen) atoms. The second kappa shape index (κ2) is 6.23. The number of halogens is 1. The van der Waals surface area contributed by atoms with Gasteiger partial charge in [0.25, 0.3) is 5.91 Å². The Labute approximate surface area is 128 Å². The van der Waals surface area contributed by atoms with E-state index in [1.807, 2.05) is 13.0 Å². The van der Waals surface area contributed by atoms with Gasteiger partial charge in [-0.15, -0.1) is 0 Å². The third-order valence-electron chi connectivity index (χ3n) is 3.72. The van der Waals surface area contributed by atoms with Crippen molar-refractivity contribution >= 4 is 5.91 Å². The highest BCUT2D eigenvalue weighted by molar-refractivity contribution is 5.95. The fourth-order valence-electron chi connectivity index (χ4n) is 2.52. The van der Waals surface area contributed by atoms with E-state index in [0.29, 0.717) is 37.6 Å². The number of hydrogen-bond acceptors (Lipinski definition) is 3. The van der Waals surface area contributed by atoms with Crippen LogP contribution < -0.4 is 0 Å². The van der Waals surface area contributed by atoms with Gasteiger partial charge in [0.05, 0.1) is 24.5 Å². The van der Waals surface area contributed by atoms with E-state index in [2.05, 4.69) is 4.98 Å². The number of aromatic nitrogens is 1. The van der Waals surface area contributed by atoms with Crippen molar-refractivity contribution in [3.05, 3.63) is 53.5 Å². The van der Waals surface area contributed by atoms with Crippen LogP contribution in [0.5, 0.6) is 0 Å². The largest absolute Gasteiger partial charge is 0.378 e. The second-order valence-electron chi connectivity index (χ2n) is 5.29. The Balaban J connectivity index is 1.96. The quantitative estimate of drug-likeness (QED) is 0.856. The predicted octanol–water partition coefficient (Wildman–Crippen LogP) is 2.67. The smallest absolute Gasteiger partial charge is 0.257 e.